The van der Waals surface area contributed by atoms with E-state index in [9.17, 15) is 0 Å². The molecule has 0 spiro atoms. The molecule has 1 aliphatic rings. The molecule has 100 valence electrons. The lowest BCUT2D eigenvalue weighted by Crippen LogP contribution is -2.15. The van der Waals surface area contributed by atoms with E-state index in [-0.39, 0.29) is 11.5 Å². The van der Waals surface area contributed by atoms with Gasteiger partial charge in [0.05, 0.1) is 31.8 Å². The molecule has 1 fully saturated rings. The summed E-state index contributed by atoms with van der Waals surface area (Å²) in [6.45, 7) is 2.08. The Morgan fingerprint density at radius 1 is 1.28 bits per heavy atom. The van der Waals surface area contributed by atoms with Gasteiger partial charge >= 0.3 is 0 Å². The van der Waals surface area contributed by atoms with E-state index in [4.69, 9.17) is 25.8 Å². The van der Waals surface area contributed by atoms with Crippen LogP contribution in [0.3, 0.4) is 0 Å². The first-order valence-corrected chi connectivity index (χ1v) is 6.60. The quantitative estimate of drug-likeness (QED) is 0.783. The second-order valence-electron chi connectivity index (χ2n) is 4.57. The third-order valence-corrected chi connectivity index (χ3v) is 3.85. The highest BCUT2D eigenvalue weighted by atomic mass is 35.5. The maximum absolute atomic E-state index is 6.51. The summed E-state index contributed by atoms with van der Waals surface area (Å²) >= 11 is 6.51. The number of ether oxygens (including phenoxy) is 3. The monoisotopic (exact) mass is 270 g/mol. The summed E-state index contributed by atoms with van der Waals surface area (Å²) in [5, 5.41) is -0.184. The normalized spacial score (nSPS) is 24.9. The Morgan fingerprint density at radius 2 is 2.06 bits per heavy atom. The van der Waals surface area contributed by atoms with E-state index in [0.29, 0.717) is 6.10 Å². The average Bonchev–Trinajstić information content (AvgIpc) is 2.83. The van der Waals surface area contributed by atoms with Crippen molar-refractivity contribution >= 4 is 11.6 Å². The second-order valence-corrected chi connectivity index (χ2v) is 5.04. The summed E-state index contributed by atoms with van der Waals surface area (Å²) in [4.78, 5) is 0. The summed E-state index contributed by atoms with van der Waals surface area (Å²) in [5.74, 6) is 1.51. The van der Waals surface area contributed by atoms with Crippen molar-refractivity contribution in [2.45, 2.75) is 37.4 Å². The first-order valence-electron chi connectivity index (χ1n) is 6.17. The lowest BCUT2D eigenvalue weighted by Gasteiger charge is -2.20. The van der Waals surface area contributed by atoms with Gasteiger partial charge in [0.15, 0.2) is 0 Å². The van der Waals surface area contributed by atoms with Gasteiger partial charge in [0, 0.05) is 11.6 Å². The molecular formula is C14H19ClO3. The minimum Gasteiger partial charge on any atom is -0.497 e. The van der Waals surface area contributed by atoms with Gasteiger partial charge in [0.2, 0.25) is 0 Å². The highest BCUT2D eigenvalue weighted by Gasteiger charge is 2.31. The lowest BCUT2D eigenvalue weighted by molar-refractivity contribution is 0.0529. The van der Waals surface area contributed by atoms with Gasteiger partial charge in [0.1, 0.15) is 11.5 Å². The molecule has 1 heterocycles. The molecule has 3 atom stereocenters. The molecule has 0 aromatic heterocycles. The first-order chi connectivity index (χ1) is 8.65. The van der Waals surface area contributed by atoms with Crippen molar-refractivity contribution in [2.24, 2.45) is 0 Å². The molecule has 0 bridgehead atoms. The van der Waals surface area contributed by atoms with Gasteiger partial charge in [-0.3, -0.25) is 0 Å². The molecule has 3 unspecified atom stereocenters. The molecule has 1 aromatic rings. The average molecular weight is 271 g/mol. The van der Waals surface area contributed by atoms with Crippen LogP contribution >= 0.6 is 11.6 Å². The molecule has 1 saturated heterocycles. The Bertz CT molecular complexity index is 408. The van der Waals surface area contributed by atoms with E-state index < -0.39 is 0 Å². The molecule has 0 aliphatic carbocycles. The fraction of sp³-hybridized carbons (Fsp3) is 0.571. The van der Waals surface area contributed by atoms with Gasteiger partial charge in [0.25, 0.3) is 0 Å². The van der Waals surface area contributed by atoms with Gasteiger partial charge in [-0.15, -0.1) is 11.6 Å². The Labute approximate surface area is 113 Å². The van der Waals surface area contributed by atoms with E-state index in [2.05, 4.69) is 6.92 Å². The Kier molecular flexibility index (Phi) is 4.36. The van der Waals surface area contributed by atoms with E-state index in [1.807, 2.05) is 18.2 Å². The van der Waals surface area contributed by atoms with Crippen molar-refractivity contribution in [2.75, 3.05) is 14.2 Å². The molecule has 4 heteroatoms. The molecular weight excluding hydrogens is 252 g/mol. The maximum atomic E-state index is 6.51. The zero-order valence-corrected chi connectivity index (χ0v) is 11.7. The fourth-order valence-electron chi connectivity index (χ4n) is 2.30. The van der Waals surface area contributed by atoms with Crippen LogP contribution in [0.5, 0.6) is 11.5 Å². The third-order valence-electron chi connectivity index (χ3n) is 3.33. The van der Waals surface area contributed by atoms with Gasteiger partial charge in [-0.05, 0) is 25.8 Å². The fourth-order valence-corrected chi connectivity index (χ4v) is 2.66. The number of hydrogen-bond donors (Lipinski definition) is 0. The molecule has 0 N–H and O–H groups in total. The predicted octanol–water partition coefficient (Wildman–Crippen LogP) is 3.55. The topological polar surface area (TPSA) is 27.7 Å². The lowest BCUT2D eigenvalue weighted by atomic mass is 10.0. The van der Waals surface area contributed by atoms with Gasteiger partial charge in [-0.1, -0.05) is 6.07 Å². The SMILES string of the molecule is COc1ccc(C(Cl)C2CCC(C)O2)c(OC)c1. The van der Waals surface area contributed by atoms with Crippen LogP contribution in [-0.4, -0.2) is 26.4 Å². The summed E-state index contributed by atoms with van der Waals surface area (Å²) in [7, 11) is 3.27. The Hall–Kier alpha value is -0.930. The number of hydrogen-bond acceptors (Lipinski definition) is 3. The van der Waals surface area contributed by atoms with Crippen molar-refractivity contribution in [3.05, 3.63) is 23.8 Å². The minimum absolute atomic E-state index is 0.0592. The van der Waals surface area contributed by atoms with Crippen molar-refractivity contribution < 1.29 is 14.2 Å². The molecule has 0 saturated carbocycles. The van der Waals surface area contributed by atoms with Crippen LogP contribution in [-0.2, 0) is 4.74 Å². The van der Waals surface area contributed by atoms with Gasteiger partial charge < -0.3 is 14.2 Å². The van der Waals surface area contributed by atoms with Gasteiger partial charge in [-0.2, -0.15) is 0 Å². The standard InChI is InChI=1S/C14H19ClO3/c1-9-4-7-12(18-9)14(15)11-6-5-10(16-2)8-13(11)17-3/h5-6,8-9,12,14H,4,7H2,1-3H3. The number of halogens is 1. The molecule has 1 aromatic carbocycles. The summed E-state index contributed by atoms with van der Waals surface area (Å²) in [6, 6.07) is 5.69. The van der Waals surface area contributed by atoms with Crippen LogP contribution < -0.4 is 9.47 Å². The summed E-state index contributed by atoms with van der Waals surface area (Å²) in [6.07, 6.45) is 2.40. The van der Waals surface area contributed by atoms with Crippen LogP contribution in [0.1, 0.15) is 30.7 Å². The van der Waals surface area contributed by atoms with Crippen LogP contribution in [0.25, 0.3) is 0 Å². The zero-order valence-electron chi connectivity index (χ0n) is 11.0. The molecule has 0 radical (unpaired) electrons. The highest BCUT2D eigenvalue weighted by molar-refractivity contribution is 6.21. The van der Waals surface area contributed by atoms with E-state index in [1.54, 1.807) is 14.2 Å². The molecule has 2 rings (SSSR count). The molecule has 3 nitrogen and oxygen atoms in total. The Morgan fingerprint density at radius 3 is 2.61 bits per heavy atom. The van der Waals surface area contributed by atoms with Gasteiger partial charge in [-0.25, -0.2) is 0 Å². The Balaban J connectivity index is 2.21. The van der Waals surface area contributed by atoms with Crippen molar-refractivity contribution in [1.82, 2.24) is 0 Å². The minimum atomic E-state index is -0.184. The molecule has 1 aliphatic heterocycles. The molecule has 0 amide bonds. The van der Waals surface area contributed by atoms with Crippen LogP contribution in [0.2, 0.25) is 0 Å². The third kappa shape index (κ3) is 2.73. The summed E-state index contributed by atoms with van der Waals surface area (Å²) in [5.41, 5.74) is 0.957. The van der Waals surface area contributed by atoms with E-state index >= 15 is 0 Å². The highest BCUT2D eigenvalue weighted by Crippen LogP contribution is 2.39. The van der Waals surface area contributed by atoms with E-state index in [1.165, 1.54) is 0 Å². The predicted molar refractivity (Wildman–Crippen MR) is 71.7 cm³/mol. The van der Waals surface area contributed by atoms with Crippen molar-refractivity contribution in [3.63, 3.8) is 0 Å². The number of methoxy groups -OCH3 is 2. The largest absolute Gasteiger partial charge is 0.497 e. The van der Waals surface area contributed by atoms with Crippen LogP contribution in [0, 0.1) is 0 Å². The second kappa shape index (κ2) is 5.81. The number of rotatable bonds is 4. The first kappa shape index (κ1) is 13.5. The molecule has 18 heavy (non-hydrogen) atoms. The van der Waals surface area contributed by atoms with Crippen molar-refractivity contribution in [3.8, 4) is 11.5 Å². The zero-order chi connectivity index (χ0) is 13.1. The van der Waals surface area contributed by atoms with Crippen LogP contribution in [0.4, 0.5) is 0 Å². The number of benzene rings is 1. The number of alkyl halides is 1. The van der Waals surface area contributed by atoms with Crippen LogP contribution in [0.15, 0.2) is 18.2 Å². The smallest absolute Gasteiger partial charge is 0.127 e. The van der Waals surface area contributed by atoms with Crippen molar-refractivity contribution in [1.29, 1.82) is 0 Å². The maximum Gasteiger partial charge on any atom is 0.127 e. The van der Waals surface area contributed by atoms with E-state index in [0.717, 1.165) is 29.9 Å². The summed E-state index contributed by atoms with van der Waals surface area (Å²) < 4.78 is 16.4.